The minimum absolute atomic E-state index is 0.271. The molecule has 25 heavy (non-hydrogen) atoms. The van der Waals surface area contributed by atoms with E-state index in [0.29, 0.717) is 5.57 Å². The van der Waals surface area contributed by atoms with E-state index in [2.05, 4.69) is 6.58 Å². The highest BCUT2D eigenvalue weighted by Gasteiger charge is 2.52. The number of rotatable bonds is 2. The van der Waals surface area contributed by atoms with Crippen LogP contribution in [0, 0.1) is 11.8 Å². The number of fused-ring (bicyclic) bond motifs is 3. The SMILES string of the molecule is C=C1C(=O)O[C@@H]2/C=C(/C)[C@]3(O)C=C[C@@](C)(C[C@@H](OC(=O)C(C)C)[C@@H]12)O3. The van der Waals surface area contributed by atoms with Gasteiger partial charge in [0.05, 0.1) is 17.4 Å². The Labute approximate surface area is 147 Å². The summed E-state index contributed by atoms with van der Waals surface area (Å²) < 4.78 is 17.0. The zero-order chi connectivity index (χ0) is 18.6. The van der Waals surface area contributed by atoms with Gasteiger partial charge in [-0.3, -0.25) is 4.79 Å². The predicted molar refractivity (Wildman–Crippen MR) is 89.2 cm³/mol. The van der Waals surface area contributed by atoms with Crippen LogP contribution in [0.3, 0.4) is 0 Å². The Hall–Kier alpha value is -1.92. The highest BCUT2D eigenvalue weighted by molar-refractivity contribution is 5.91. The number of carbonyl (C=O) groups excluding carboxylic acids is 2. The van der Waals surface area contributed by atoms with Crippen LogP contribution in [0.15, 0.2) is 36.0 Å². The molecule has 2 bridgehead atoms. The summed E-state index contributed by atoms with van der Waals surface area (Å²) in [6.07, 6.45) is 3.96. The lowest BCUT2D eigenvalue weighted by molar-refractivity contribution is -0.190. The Bertz CT molecular complexity index is 690. The molecule has 5 atom stereocenters. The van der Waals surface area contributed by atoms with Crippen LogP contribution in [-0.4, -0.2) is 40.6 Å². The normalized spacial score (nSPS) is 42.2. The number of ether oxygens (including phenoxy) is 3. The first kappa shape index (κ1) is 17.9. The van der Waals surface area contributed by atoms with Crippen molar-refractivity contribution in [2.24, 2.45) is 11.8 Å². The number of carbonyl (C=O) groups is 2. The average Bonchev–Trinajstić information content (AvgIpc) is 2.97. The summed E-state index contributed by atoms with van der Waals surface area (Å²) in [4.78, 5) is 24.3. The second kappa shape index (κ2) is 5.81. The van der Waals surface area contributed by atoms with E-state index in [9.17, 15) is 14.7 Å². The van der Waals surface area contributed by atoms with Gasteiger partial charge in [-0.25, -0.2) is 4.79 Å². The topological polar surface area (TPSA) is 82.1 Å². The van der Waals surface area contributed by atoms with Crippen LogP contribution in [0.4, 0.5) is 0 Å². The molecule has 0 amide bonds. The molecule has 0 aromatic rings. The summed E-state index contributed by atoms with van der Waals surface area (Å²) >= 11 is 0. The van der Waals surface area contributed by atoms with E-state index in [-0.39, 0.29) is 23.9 Å². The Morgan fingerprint density at radius 3 is 2.76 bits per heavy atom. The Morgan fingerprint density at radius 2 is 2.12 bits per heavy atom. The van der Waals surface area contributed by atoms with Gasteiger partial charge in [-0.05, 0) is 31.6 Å². The standard InChI is InChI=1S/C19H24O6/c1-10(2)16(20)24-14-9-18(5)6-7-19(22,25-18)11(3)8-13-15(14)12(4)17(21)23-13/h6-8,10,13-15,22H,4,9H2,1-3,5H3/b11-8-/t13-,14-,15+,18+,19+/m1/s1. The van der Waals surface area contributed by atoms with Crippen molar-refractivity contribution in [3.05, 3.63) is 36.0 Å². The third kappa shape index (κ3) is 3.04. The number of esters is 2. The molecule has 3 rings (SSSR count). The molecule has 0 aromatic carbocycles. The van der Waals surface area contributed by atoms with Crippen LogP contribution in [0.5, 0.6) is 0 Å². The van der Waals surface area contributed by atoms with Crippen LogP contribution in [0.1, 0.15) is 34.1 Å². The van der Waals surface area contributed by atoms with Gasteiger partial charge >= 0.3 is 11.9 Å². The minimum Gasteiger partial charge on any atom is -0.461 e. The van der Waals surface area contributed by atoms with E-state index in [0.717, 1.165) is 0 Å². The average molecular weight is 348 g/mol. The van der Waals surface area contributed by atoms with Gasteiger partial charge in [0.15, 0.2) is 0 Å². The summed E-state index contributed by atoms with van der Waals surface area (Å²) in [6, 6.07) is 0. The molecule has 6 heteroatoms. The van der Waals surface area contributed by atoms with E-state index < -0.39 is 35.5 Å². The molecule has 0 spiro atoms. The molecule has 1 N–H and O–H groups in total. The molecule has 3 aliphatic heterocycles. The molecule has 1 saturated heterocycles. The third-order valence-corrected chi connectivity index (χ3v) is 5.04. The first-order valence-corrected chi connectivity index (χ1v) is 8.47. The summed E-state index contributed by atoms with van der Waals surface area (Å²) in [5.41, 5.74) is -0.0548. The van der Waals surface area contributed by atoms with Crippen molar-refractivity contribution in [1.29, 1.82) is 0 Å². The zero-order valence-corrected chi connectivity index (χ0v) is 14.9. The molecule has 0 saturated carbocycles. The van der Waals surface area contributed by atoms with Crippen molar-refractivity contribution < 1.29 is 28.9 Å². The first-order valence-electron chi connectivity index (χ1n) is 8.47. The summed E-state index contributed by atoms with van der Waals surface area (Å²) in [6.45, 7) is 10.9. The van der Waals surface area contributed by atoms with Crippen LogP contribution >= 0.6 is 0 Å². The van der Waals surface area contributed by atoms with Gasteiger partial charge in [-0.15, -0.1) is 0 Å². The fourth-order valence-corrected chi connectivity index (χ4v) is 3.51. The van der Waals surface area contributed by atoms with Crippen molar-refractivity contribution in [3.63, 3.8) is 0 Å². The van der Waals surface area contributed by atoms with E-state index in [1.54, 1.807) is 39.0 Å². The molecular formula is C19H24O6. The lowest BCUT2D eigenvalue weighted by Crippen LogP contribution is -2.41. The van der Waals surface area contributed by atoms with E-state index in [4.69, 9.17) is 14.2 Å². The highest BCUT2D eigenvalue weighted by Crippen LogP contribution is 2.44. The van der Waals surface area contributed by atoms with Crippen molar-refractivity contribution in [2.75, 3.05) is 0 Å². The van der Waals surface area contributed by atoms with Gasteiger partial charge in [-0.1, -0.05) is 26.5 Å². The van der Waals surface area contributed by atoms with Gasteiger partial charge in [-0.2, -0.15) is 0 Å². The zero-order valence-electron chi connectivity index (χ0n) is 14.9. The van der Waals surface area contributed by atoms with Crippen molar-refractivity contribution in [1.82, 2.24) is 0 Å². The number of hydrogen-bond donors (Lipinski definition) is 1. The van der Waals surface area contributed by atoms with E-state index in [1.807, 2.05) is 6.92 Å². The predicted octanol–water partition coefficient (Wildman–Crippen LogP) is 2.04. The van der Waals surface area contributed by atoms with E-state index >= 15 is 0 Å². The quantitative estimate of drug-likeness (QED) is 0.467. The Kier molecular flexibility index (Phi) is 4.16. The maximum Gasteiger partial charge on any atom is 0.334 e. The van der Waals surface area contributed by atoms with Crippen LogP contribution in [0.2, 0.25) is 0 Å². The molecule has 0 aromatic heterocycles. The smallest absolute Gasteiger partial charge is 0.334 e. The van der Waals surface area contributed by atoms with Gasteiger partial charge in [0, 0.05) is 12.0 Å². The largest absolute Gasteiger partial charge is 0.461 e. The highest BCUT2D eigenvalue weighted by atomic mass is 16.6. The molecule has 3 aliphatic rings. The van der Waals surface area contributed by atoms with Crippen LogP contribution < -0.4 is 0 Å². The summed E-state index contributed by atoms with van der Waals surface area (Å²) in [5, 5.41) is 10.7. The van der Waals surface area contributed by atoms with Crippen molar-refractivity contribution in [3.8, 4) is 0 Å². The van der Waals surface area contributed by atoms with Gasteiger partial charge in [0.2, 0.25) is 5.79 Å². The van der Waals surface area contributed by atoms with Crippen molar-refractivity contribution in [2.45, 2.75) is 57.7 Å². The maximum absolute atomic E-state index is 12.2. The molecule has 0 unspecified atom stereocenters. The van der Waals surface area contributed by atoms with Gasteiger partial charge < -0.3 is 19.3 Å². The molecule has 0 aliphatic carbocycles. The molecular weight excluding hydrogens is 324 g/mol. The maximum atomic E-state index is 12.2. The van der Waals surface area contributed by atoms with Crippen molar-refractivity contribution >= 4 is 11.9 Å². The molecule has 1 fully saturated rings. The lowest BCUT2D eigenvalue weighted by Gasteiger charge is -2.33. The fraction of sp³-hybridized carbons (Fsp3) is 0.579. The Balaban J connectivity index is 2.04. The lowest BCUT2D eigenvalue weighted by atomic mass is 9.83. The molecule has 6 nitrogen and oxygen atoms in total. The van der Waals surface area contributed by atoms with Crippen LogP contribution in [-0.2, 0) is 23.8 Å². The van der Waals surface area contributed by atoms with Gasteiger partial charge in [0.25, 0.3) is 0 Å². The second-order valence-electron chi connectivity index (χ2n) is 7.55. The summed E-state index contributed by atoms with van der Waals surface area (Å²) in [7, 11) is 0. The minimum atomic E-state index is -1.56. The number of hydrogen-bond acceptors (Lipinski definition) is 6. The molecule has 136 valence electrons. The monoisotopic (exact) mass is 348 g/mol. The van der Waals surface area contributed by atoms with Crippen LogP contribution in [0.25, 0.3) is 0 Å². The molecule has 3 heterocycles. The first-order chi connectivity index (χ1) is 11.5. The van der Waals surface area contributed by atoms with E-state index in [1.165, 1.54) is 0 Å². The fourth-order valence-electron chi connectivity index (χ4n) is 3.51. The Morgan fingerprint density at radius 1 is 1.44 bits per heavy atom. The summed E-state index contributed by atoms with van der Waals surface area (Å²) in [5.74, 6) is -3.26. The second-order valence-corrected chi connectivity index (χ2v) is 7.55. The molecule has 0 radical (unpaired) electrons. The third-order valence-electron chi connectivity index (χ3n) is 5.04. The van der Waals surface area contributed by atoms with Gasteiger partial charge in [0.1, 0.15) is 12.2 Å². The number of aliphatic hydroxyl groups is 1.